The van der Waals surface area contributed by atoms with Crippen molar-refractivity contribution in [2.75, 3.05) is 0 Å². The van der Waals surface area contributed by atoms with Gasteiger partial charge < -0.3 is 4.74 Å². The van der Waals surface area contributed by atoms with E-state index in [0.717, 1.165) is 17.5 Å². The van der Waals surface area contributed by atoms with Crippen LogP contribution in [-0.2, 0) is 10.2 Å². The summed E-state index contributed by atoms with van der Waals surface area (Å²) in [5.74, 6) is -0.413. The molecule has 1 amide bonds. The Balaban J connectivity index is 1.26. The quantitative estimate of drug-likeness (QED) is 0.133. The second kappa shape index (κ2) is 10.3. The zero-order valence-electron chi connectivity index (χ0n) is 19.3. The zero-order chi connectivity index (χ0) is 25.0. The van der Waals surface area contributed by atoms with Crippen molar-refractivity contribution in [3.63, 3.8) is 0 Å². The summed E-state index contributed by atoms with van der Waals surface area (Å²) in [5, 5.41) is 4.18. The van der Waals surface area contributed by atoms with Crippen molar-refractivity contribution in [3.05, 3.63) is 136 Å². The molecule has 0 saturated heterocycles. The van der Waals surface area contributed by atoms with E-state index >= 15 is 0 Å². The molecule has 1 saturated carbocycles. The van der Waals surface area contributed by atoms with E-state index in [1.54, 1.807) is 42.6 Å². The van der Waals surface area contributed by atoms with Gasteiger partial charge in [-0.1, -0.05) is 84.9 Å². The van der Waals surface area contributed by atoms with Crippen LogP contribution in [0, 0.1) is 5.92 Å². The highest BCUT2D eigenvalue weighted by molar-refractivity contribution is 9.10. The second-order valence-electron chi connectivity index (χ2n) is 8.64. The van der Waals surface area contributed by atoms with Gasteiger partial charge in [-0.15, -0.1) is 0 Å². The first-order valence-corrected chi connectivity index (χ1v) is 12.4. The molecule has 1 N–H and O–H groups in total. The highest BCUT2D eigenvalue weighted by Crippen LogP contribution is 2.58. The molecule has 0 spiro atoms. The first-order chi connectivity index (χ1) is 17.6. The van der Waals surface area contributed by atoms with E-state index in [0.29, 0.717) is 21.3 Å². The van der Waals surface area contributed by atoms with E-state index in [2.05, 4.69) is 50.7 Å². The maximum absolute atomic E-state index is 13.1. The van der Waals surface area contributed by atoms with E-state index in [1.807, 2.05) is 48.5 Å². The third kappa shape index (κ3) is 4.86. The van der Waals surface area contributed by atoms with Crippen LogP contribution < -0.4 is 10.2 Å². The van der Waals surface area contributed by atoms with Crippen molar-refractivity contribution in [1.29, 1.82) is 0 Å². The topological polar surface area (TPSA) is 67.8 Å². The van der Waals surface area contributed by atoms with E-state index in [9.17, 15) is 9.59 Å². The lowest BCUT2D eigenvalue weighted by Gasteiger charge is -2.18. The SMILES string of the molecule is O=C(Oc1cccc(/C=N/NC(=O)C2CC2(c2ccccc2)c2ccccc2)c1)c1ccccc1Br. The van der Waals surface area contributed by atoms with Gasteiger partial charge in [-0.05, 0) is 63.3 Å². The molecule has 0 bridgehead atoms. The first-order valence-electron chi connectivity index (χ1n) is 11.6. The maximum Gasteiger partial charge on any atom is 0.344 e. The van der Waals surface area contributed by atoms with E-state index in [-0.39, 0.29) is 17.2 Å². The molecule has 178 valence electrons. The van der Waals surface area contributed by atoms with Crippen LogP contribution in [0.2, 0.25) is 0 Å². The molecule has 1 fully saturated rings. The Bertz CT molecular complexity index is 1380. The standard InChI is InChI=1S/C30H23BrN2O3/c31-27-17-8-7-16-25(27)29(35)36-24-15-9-10-21(18-24)20-32-33-28(34)26-19-30(26,22-11-3-1-4-12-22)23-13-5-2-6-14-23/h1-18,20,26H,19H2,(H,33,34)/b32-20+. The van der Waals surface area contributed by atoms with Gasteiger partial charge in [0.1, 0.15) is 5.75 Å². The van der Waals surface area contributed by atoms with Crippen LogP contribution >= 0.6 is 15.9 Å². The molecule has 0 radical (unpaired) electrons. The number of rotatable bonds is 7. The van der Waals surface area contributed by atoms with E-state index in [4.69, 9.17) is 4.74 Å². The Morgan fingerprint density at radius 2 is 1.50 bits per heavy atom. The smallest absolute Gasteiger partial charge is 0.344 e. The molecule has 6 heteroatoms. The number of halogens is 1. The fraction of sp³-hybridized carbons (Fsp3) is 0.100. The Morgan fingerprint density at radius 1 is 0.861 bits per heavy atom. The van der Waals surface area contributed by atoms with Gasteiger partial charge in [0.2, 0.25) is 5.91 Å². The fourth-order valence-electron chi connectivity index (χ4n) is 4.55. The van der Waals surface area contributed by atoms with E-state index in [1.165, 1.54) is 0 Å². The van der Waals surface area contributed by atoms with Gasteiger partial charge in [0.05, 0.1) is 17.7 Å². The number of carbonyl (C=O) groups is 2. The minimum atomic E-state index is -0.461. The summed E-state index contributed by atoms with van der Waals surface area (Å²) in [7, 11) is 0. The lowest BCUT2D eigenvalue weighted by Crippen LogP contribution is -2.25. The average Bonchev–Trinajstić information content (AvgIpc) is 3.67. The maximum atomic E-state index is 13.1. The summed E-state index contributed by atoms with van der Waals surface area (Å²) in [6.07, 6.45) is 2.27. The van der Waals surface area contributed by atoms with Crippen molar-refractivity contribution in [2.24, 2.45) is 11.0 Å². The monoisotopic (exact) mass is 538 g/mol. The summed E-state index contributed by atoms with van der Waals surface area (Å²) in [6, 6.07) is 34.3. The lowest BCUT2D eigenvalue weighted by atomic mass is 9.85. The molecule has 0 heterocycles. The van der Waals surface area contributed by atoms with Crippen LogP contribution in [-0.4, -0.2) is 18.1 Å². The zero-order valence-corrected chi connectivity index (χ0v) is 20.9. The van der Waals surface area contributed by atoms with Crippen LogP contribution in [0.25, 0.3) is 0 Å². The van der Waals surface area contributed by atoms with Gasteiger partial charge >= 0.3 is 5.97 Å². The third-order valence-corrected chi connectivity index (χ3v) is 7.10. The number of hydrogen-bond acceptors (Lipinski definition) is 4. The van der Waals surface area contributed by atoms with Gasteiger partial charge in [0, 0.05) is 9.89 Å². The molecule has 5 rings (SSSR count). The molecular weight excluding hydrogens is 516 g/mol. The molecule has 1 aliphatic rings. The third-order valence-electron chi connectivity index (χ3n) is 6.41. The predicted molar refractivity (Wildman–Crippen MR) is 143 cm³/mol. The molecule has 36 heavy (non-hydrogen) atoms. The fourth-order valence-corrected chi connectivity index (χ4v) is 5.00. The predicted octanol–water partition coefficient (Wildman–Crippen LogP) is 6.12. The molecular formula is C30H23BrN2O3. The minimum absolute atomic E-state index is 0.129. The molecule has 4 aromatic rings. The number of hydrogen-bond donors (Lipinski definition) is 1. The summed E-state index contributed by atoms with van der Waals surface area (Å²) in [6.45, 7) is 0. The molecule has 1 unspecified atom stereocenters. The molecule has 1 atom stereocenters. The number of nitrogens with one attached hydrogen (secondary N) is 1. The molecule has 5 nitrogen and oxygen atoms in total. The summed E-state index contributed by atoms with van der Waals surface area (Å²) in [4.78, 5) is 25.5. The minimum Gasteiger partial charge on any atom is -0.423 e. The Kier molecular flexibility index (Phi) is 6.78. The van der Waals surface area contributed by atoms with Crippen molar-refractivity contribution in [3.8, 4) is 5.75 Å². The highest BCUT2D eigenvalue weighted by Gasteiger charge is 2.60. The molecule has 0 aromatic heterocycles. The molecule has 1 aliphatic carbocycles. The van der Waals surface area contributed by atoms with Gasteiger partial charge in [0.25, 0.3) is 0 Å². The van der Waals surface area contributed by atoms with Crippen molar-refractivity contribution >= 4 is 34.0 Å². The second-order valence-corrected chi connectivity index (χ2v) is 9.49. The largest absolute Gasteiger partial charge is 0.423 e. The average molecular weight is 539 g/mol. The Labute approximate surface area is 218 Å². The van der Waals surface area contributed by atoms with Gasteiger partial charge in [-0.25, -0.2) is 10.2 Å². The first kappa shape index (κ1) is 23.7. The molecule has 0 aliphatic heterocycles. The number of nitrogens with zero attached hydrogens (tertiary/aromatic N) is 1. The van der Waals surface area contributed by atoms with Crippen molar-refractivity contribution in [2.45, 2.75) is 11.8 Å². The van der Waals surface area contributed by atoms with Gasteiger partial charge in [-0.2, -0.15) is 5.10 Å². The number of carbonyl (C=O) groups excluding carboxylic acids is 2. The van der Waals surface area contributed by atoms with Crippen LogP contribution in [0.15, 0.2) is 119 Å². The van der Waals surface area contributed by atoms with Crippen LogP contribution in [0.5, 0.6) is 5.75 Å². The lowest BCUT2D eigenvalue weighted by molar-refractivity contribution is -0.122. The van der Waals surface area contributed by atoms with Gasteiger partial charge in [0.15, 0.2) is 0 Å². The highest BCUT2D eigenvalue weighted by atomic mass is 79.9. The summed E-state index contributed by atoms with van der Waals surface area (Å²) >= 11 is 3.36. The normalized spacial score (nSPS) is 15.9. The number of benzene rings is 4. The summed E-state index contributed by atoms with van der Waals surface area (Å²) < 4.78 is 6.17. The number of ether oxygens (including phenoxy) is 1. The Hall–Kier alpha value is -4.03. The number of hydrazone groups is 1. The van der Waals surface area contributed by atoms with Crippen LogP contribution in [0.4, 0.5) is 0 Å². The molecule has 4 aromatic carbocycles. The van der Waals surface area contributed by atoms with Gasteiger partial charge in [-0.3, -0.25) is 4.79 Å². The number of amides is 1. The van der Waals surface area contributed by atoms with E-state index < -0.39 is 5.97 Å². The van der Waals surface area contributed by atoms with Crippen LogP contribution in [0.1, 0.15) is 33.5 Å². The Morgan fingerprint density at radius 3 is 2.17 bits per heavy atom. The van der Waals surface area contributed by atoms with Crippen molar-refractivity contribution < 1.29 is 14.3 Å². The van der Waals surface area contributed by atoms with Crippen molar-refractivity contribution in [1.82, 2.24) is 5.43 Å². The summed E-state index contributed by atoms with van der Waals surface area (Å²) in [5.41, 5.74) is 5.74. The van der Waals surface area contributed by atoms with Crippen LogP contribution in [0.3, 0.4) is 0 Å². The number of esters is 1.